The maximum Gasteiger partial charge on any atom is 0.129 e. The first-order valence-corrected chi connectivity index (χ1v) is 7.60. The third-order valence-corrected chi connectivity index (χ3v) is 3.87. The summed E-state index contributed by atoms with van der Waals surface area (Å²) in [7, 11) is 4.02. The van der Waals surface area contributed by atoms with Gasteiger partial charge in [-0.15, -0.1) is 0 Å². The van der Waals surface area contributed by atoms with Crippen molar-refractivity contribution >= 4 is 5.69 Å². The van der Waals surface area contributed by atoms with E-state index in [4.69, 9.17) is 4.98 Å². The van der Waals surface area contributed by atoms with Gasteiger partial charge < -0.3 is 14.9 Å². The van der Waals surface area contributed by atoms with Crippen molar-refractivity contribution in [2.24, 2.45) is 0 Å². The van der Waals surface area contributed by atoms with Crippen molar-refractivity contribution in [2.45, 2.75) is 45.0 Å². The Morgan fingerprint density at radius 2 is 2.14 bits per heavy atom. The molecule has 0 saturated carbocycles. The number of nitrogens with zero attached hydrogens (tertiary/aromatic N) is 3. The molecular formula is C16H26FN3O. The lowest BCUT2D eigenvalue weighted by Gasteiger charge is -2.35. The van der Waals surface area contributed by atoms with Crippen LogP contribution in [0.25, 0.3) is 0 Å². The second-order valence-corrected chi connectivity index (χ2v) is 6.41. The van der Waals surface area contributed by atoms with E-state index in [-0.39, 0.29) is 0 Å². The number of piperidine rings is 1. The monoisotopic (exact) mass is 295 g/mol. The van der Waals surface area contributed by atoms with Gasteiger partial charge in [0.05, 0.1) is 11.4 Å². The Kier molecular flexibility index (Phi) is 5.17. The maximum absolute atomic E-state index is 13.4. The zero-order valence-corrected chi connectivity index (χ0v) is 13.4. The minimum absolute atomic E-state index is 0.338. The summed E-state index contributed by atoms with van der Waals surface area (Å²) < 4.78 is 13.4. The minimum atomic E-state index is -1.11. The number of aliphatic hydroxyl groups excluding tert-OH is 1. The second-order valence-electron chi connectivity index (χ2n) is 6.41. The second kappa shape index (κ2) is 6.71. The number of hydrogen-bond acceptors (Lipinski definition) is 4. The minimum Gasteiger partial charge on any atom is -0.388 e. The molecule has 0 spiro atoms. The Balaban J connectivity index is 2.29. The number of pyridine rings is 1. The molecule has 0 amide bonds. The van der Waals surface area contributed by atoms with Crippen LogP contribution in [0.1, 0.15) is 37.6 Å². The highest BCUT2D eigenvalue weighted by Gasteiger charge is 2.28. The smallest absolute Gasteiger partial charge is 0.129 e. The van der Waals surface area contributed by atoms with E-state index in [0.717, 1.165) is 23.6 Å². The molecule has 0 bridgehead atoms. The summed E-state index contributed by atoms with van der Waals surface area (Å²) >= 11 is 0. The lowest BCUT2D eigenvalue weighted by Crippen LogP contribution is -2.45. The normalized spacial score (nSPS) is 23.1. The largest absolute Gasteiger partial charge is 0.388 e. The number of hydrogen-bond donors (Lipinski definition) is 1. The van der Waals surface area contributed by atoms with Crippen molar-refractivity contribution in [2.75, 3.05) is 32.1 Å². The van der Waals surface area contributed by atoms with Gasteiger partial charge in [-0.25, -0.2) is 4.39 Å². The predicted molar refractivity (Wildman–Crippen MR) is 83.4 cm³/mol. The molecule has 2 heterocycles. The quantitative estimate of drug-likeness (QED) is 0.924. The summed E-state index contributed by atoms with van der Waals surface area (Å²) in [5, 5.41) is 9.78. The first kappa shape index (κ1) is 16.2. The van der Waals surface area contributed by atoms with Gasteiger partial charge in [-0.1, -0.05) is 13.8 Å². The molecule has 2 atom stereocenters. The van der Waals surface area contributed by atoms with Crippen molar-refractivity contribution in [1.82, 2.24) is 9.88 Å². The van der Waals surface area contributed by atoms with Crippen LogP contribution >= 0.6 is 0 Å². The van der Waals surface area contributed by atoms with E-state index in [1.54, 1.807) is 0 Å². The average molecular weight is 295 g/mol. The number of aromatic nitrogens is 1. The molecule has 118 valence electrons. The van der Waals surface area contributed by atoms with Gasteiger partial charge in [0.2, 0.25) is 0 Å². The van der Waals surface area contributed by atoms with Crippen LogP contribution in [0, 0.1) is 0 Å². The summed E-state index contributed by atoms with van der Waals surface area (Å²) in [4.78, 5) is 8.90. The van der Waals surface area contributed by atoms with Gasteiger partial charge >= 0.3 is 0 Å². The molecule has 1 N–H and O–H groups in total. The molecule has 1 aliphatic heterocycles. The fourth-order valence-corrected chi connectivity index (χ4v) is 2.66. The third-order valence-electron chi connectivity index (χ3n) is 3.87. The molecule has 1 aliphatic rings. The van der Waals surface area contributed by atoms with E-state index in [1.807, 2.05) is 20.2 Å². The van der Waals surface area contributed by atoms with Crippen molar-refractivity contribution in [1.29, 1.82) is 0 Å². The van der Waals surface area contributed by atoms with Gasteiger partial charge in [-0.2, -0.15) is 0 Å². The van der Waals surface area contributed by atoms with Gasteiger partial charge in [-0.3, -0.25) is 4.98 Å². The molecule has 2 rings (SSSR count). The number of halogens is 1. The Bertz CT molecular complexity index is 479. The van der Waals surface area contributed by atoms with Gasteiger partial charge in [0.25, 0.3) is 0 Å². The van der Waals surface area contributed by atoms with E-state index < -0.39 is 12.3 Å². The fraction of sp³-hybridized carbons (Fsp3) is 0.688. The summed E-state index contributed by atoms with van der Waals surface area (Å²) in [5.41, 5.74) is 3.08. The highest BCUT2D eigenvalue weighted by atomic mass is 19.1. The number of β-amino-alcohol motifs (C(OH)–C–C–N with tert-alkyl or cyclic N) is 1. The number of rotatable bonds is 4. The zero-order valence-electron chi connectivity index (χ0n) is 13.4. The predicted octanol–water partition coefficient (Wildman–Crippen LogP) is 2.18. The van der Waals surface area contributed by atoms with E-state index in [2.05, 4.69) is 29.7 Å². The first-order valence-electron chi connectivity index (χ1n) is 7.60. The lowest BCUT2D eigenvalue weighted by molar-refractivity contribution is 0.0644. The van der Waals surface area contributed by atoms with Crippen molar-refractivity contribution in [3.8, 4) is 0 Å². The molecular weight excluding hydrogens is 269 g/mol. The summed E-state index contributed by atoms with van der Waals surface area (Å²) in [6, 6.07) is 4.10. The molecule has 0 radical (unpaired) electrons. The highest BCUT2D eigenvalue weighted by Crippen LogP contribution is 2.27. The molecule has 1 aromatic rings. The van der Waals surface area contributed by atoms with Crippen LogP contribution in [0.4, 0.5) is 10.1 Å². The number of alkyl halides is 1. The van der Waals surface area contributed by atoms with Crippen LogP contribution in [-0.4, -0.2) is 54.5 Å². The van der Waals surface area contributed by atoms with Crippen molar-refractivity contribution in [3.05, 3.63) is 23.5 Å². The first-order chi connectivity index (χ1) is 9.88. The Labute approximate surface area is 126 Å². The standard InChI is InChI=1S/C16H26FN3O/c1-11(2)13-5-6-15(14(18-13)9-19(3)4)20-8-7-12(17)16(21)10-20/h5-6,11-12,16,21H,7-10H2,1-4H3/t12-,16+/m0/s1. The van der Waals surface area contributed by atoms with Crippen molar-refractivity contribution in [3.63, 3.8) is 0 Å². The van der Waals surface area contributed by atoms with Crippen LogP contribution in [0.15, 0.2) is 12.1 Å². The van der Waals surface area contributed by atoms with Gasteiger partial charge in [-0.05, 0) is 38.6 Å². The van der Waals surface area contributed by atoms with Crippen LogP contribution in [0.3, 0.4) is 0 Å². The van der Waals surface area contributed by atoms with Gasteiger partial charge in [0.15, 0.2) is 0 Å². The molecule has 1 saturated heterocycles. The summed E-state index contributed by atoms with van der Waals surface area (Å²) in [6.45, 7) is 5.95. The van der Waals surface area contributed by atoms with Gasteiger partial charge in [0, 0.05) is 25.3 Å². The van der Waals surface area contributed by atoms with Crippen LogP contribution in [0.2, 0.25) is 0 Å². The topological polar surface area (TPSA) is 39.6 Å². The zero-order chi connectivity index (χ0) is 15.6. The summed E-state index contributed by atoms with van der Waals surface area (Å²) in [5.74, 6) is 0.377. The fourth-order valence-electron chi connectivity index (χ4n) is 2.66. The van der Waals surface area contributed by atoms with Crippen molar-refractivity contribution < 1.29 is 9.50 Å². The molecule has 4 nitrogen and oxygen atoms in total. The number of anilines is 1. The number of aliphatic hydroxyl groups is 1. The van der Waals surface area contributed by atoms with Gasteiger partial charge in [0.1, 0.15) is 12.3 Å². The van der Waals surface area contributed by atoms with E-state index >= 15 is 0 Å². The molecule has 1 fully saturated rings. The van der Waals surface area contributed by atoms with Crippen LogP contribution < -0.4 is 4.90 Å². The Hall–Kier alpha value is -1.20. The highest BCUT2D eigenvalue weighted by molar-refractivity contribution is 5.52. The Morgan fingerprint density at radius 1 is 1.43 bits per heavy atom. The van der Waals surface area contributed by atoms with E-state index in [1.165, 1.54) is 0 Å². The van der Waals surface area contributed by atoms with E-state index in [9.17, 15) is 9.50 Å². The SMILES string of the molecule is CC(C)c1ccc(N2CC[C@H](F)[C@H](O)C2)c(CN(C)C)n1. The average Bonchev–Trinajstić information content (AvgIpc) is 2.41. The van der Waals surface area contributed by atoms with Crippen LogP contribution in [-0.2, 0) is 6.54 Å². The molecule has 1 aromatic heterocycles. The lowest BCUT2D eigenvalue weighted by atomic mass is 10.0. The molecule has 0 aromatic carbocycles. The molecule has 5 heteroatoms. The molecule has 21 heavy (non-hydrogen) atoms. The molecule has 0 aliphatic carbocycles. The molecule has 0 unspecified atom stereocenters. The van der Waals surface area contributed by atoms with Crippen LogP contribution in [0.5, 0.6) is 0 Å². The Morgan fingerprint density at radius 3 is 2.71 bits per heavy atom. The van der Waals surface area contributed by atoms with E-state index in [0.29, 0.717) is 25.4 Å². The third kappa shape index (κ3) is 3.92. The maximum atomic E-state index is 13.4. The summed E-state index contributed by atoms with van der Waals surface area (Å²) in [6.07, 6.45) is -1.65.